The highest BCUT2D eigenvalue weighted by atomic mass is 16.2. The first-order valence-corrected chi connectivity index (χ1v) is 5.91. The van der Waals surface area contributed by atoms with Crippen LogP contribution in [0, 0.1) is 5.41 Å². The molecule has 100 valence electrons. The minimum Gasteiger partial charge on any atom is -0.294 e. The van der Waals surface area contributed by atoms with E-state index in [-0.39, 0.29) is 18.0 Å². The molecule has 1 aromatic heterocycles. The van der Waals surface area contributed by atoms with Crippen LogP contribution >= 0.6 is 0 Å². The van der Waals surface area contributed by atoms with Gasteiger partial charge in [-0.05, 0) is 19.9 Å². The Kier molecular flexibility index (Phi) is 3.35. The summed E-state index contributed by atoms with van der Waals surface area (Å²) >= 11 is 0. The molecule has 0 radical (unpaired) electrons. The van der Waals surface area contributed by atoms with Crippen LogP contribution in [-0.4, -0.2) is 15.7 Å². The summed E-state index contributed by atoms with van der Waals surface area (Å²) in [6.45, 7) is 3.58. The summed E-state index contributed by atoms with van der Waals surface area (Å²) in [4.78, 5) is 23.9. The number of amides is 1. The smallest absolute Gasteiger partial charge is 0.274 e. The van der Waals surface area contributed by atoms with Crippen molar-refractivity contribution >= 4 is 16.7 Å². The summed E-state index contributed by atoms with van der Waals surface area (Å²) in [6.07, 6.45) is 1.62. The highest BCUT2D eigenvalue weighted by Gasteiger charge is 2.28. The fourth-order valence-electron chi connectivity index (χ4n) is 1.88. The first kappa shape index (κ1) is 13.2. The van der Waals surface area contributed by atoms with Gasteiger partial charge in [0.05, 0.1) is 23.5 Å². The van der Waals surface area contributed by atoms with E-state index in [4.69, 9.17) is 5.84 Å². The second-order valence-electron chi connectivity index (χ2n) is 5.05. The van der Waals surface area contributed by atoms with E-state index in [1.54, 1.807) is 32.2 Å². The van der Waals surface area contributed by atoms with Crippen molar-refractivity contribution in [1.29, 1.82) is 0 Å². The van der Waals surface area contributed by atoms with Crippen molar-refractivity contribution in [2.24, 2.45) is 11.3 Å². The van der Waals surface area contributed by atoms with Crippen LogP contribution in [0.25, 0.3) is 10.8 Å². The van der Waals surface area contributed by atoms with Crippen LogP contribution in [0.4, 0.5) is 0 Å². The lowest BCUT2D eigenvalue weighted by Crippen LogP contribution is -2.44. The lowest BCUT2D eigenvalue weighted by molar-refractivity contribution is -0.130. The van der Waals surface area contributed by atoms with Gasteiger partial charge in [-0.25, -0.2) is 10.5 Å². The molecule has 0 saturated carbocycles. The summed E-state index contributed by atoms with van der Waals surface area (Å²) < 4.78 is 1.29. The Labute approximate surface area is 110 Å². The van der Waals surface area contributed by atoms with Crippen molar-refractivity contribution in [2.45, 2.75) is 20.4 Å². The van der Waals surface area contributed by atoms with Crippen molar-refractivity contribution in [1.82, 2.24) is 15.2 Å². The lowest BCUT2D eigenvalue weighted by Gasteiger charge is -2.22. The molecule has 0 atom stereocenters. The largest absolute Gasteiger partial charge is 0.294 e. The number of nitrogens with two attached hydrogens (primary N) is 1. The normalized spacial score (nSPS) is 11.5. The van der Waals surface area contributed by atoms with Gasteiger partial charge in [-0.1, -0.05) is 18.2 Å². The number of aromatic nitrogens is 2. The second kappa shape index (κ2) is 4.81. The maximum absolute atomic E-state index is 12.3. The van der Waals surface area contributed by atoms with E-state index in [2.05, 4.69) is 10.5 Å². The predicted octanol–water partition coefficient (Wildman–Crippen LogP) is 0.413. The number of carbonyl (C=O) groups excluding carboxylic acids is 1. The third-order valence-corrected chi connectivity index (χ3v) is 3.05. The van der Waals surface area contributed by atoms with Crippen molar-refractivity contribution in [3.05, 3.63) is 40.8 Å². The summed E-state index contributed by atoms with van der Waals surface area (Å²) in [5.74, 6) is 4.79. The molecule has 0 aliphatic heterocycles. The Morgan fingerprint density at radius 3 is 2.79 bits per heavy atom. The number of rotatable bonds is 3. The van der Waals surface area contributed by atoms with Gasteiger partial charge in [0.1, 0.15) is 0 Å². The van der Waals surface area contributed by atoms with Gasteiger partial charge < -0.3 is 0 Å². The first-order valence-electron chi connectivity index (χ1n) is 5.91. The fourth-order valence-corrected chi connectivity index (χ4v) is 1.88. The summed E-state index contributed by atoms with van der Waals surface area (Å²) in [5, 5.41) is 5.46. The Morgan fingerprint density at radius 2 is 2.11 bits per heavy atom. The Bertz CT molecular complexity index is 676. The van der Waals surface area contributed by atoms with E-state index in [0.717, 1.165) is 5.39 Å². The molecule has 0 aliphatic carbocycles. The molecule has 6 heteroatoms. The average molecular weight is 260 g/mol. The van der Waals surface area contributed by atoms with E-state index in [1.807, 2.05) is 12.1 Å². The standard InChI is InChI=1S/C13H16N4O2/c1-13(2,12(19)16-14)8-17-11(18)10-6-4-3-5-9(10)7-15-17/h3-7H,8,14H2,1-2H3,(H,16,19). The van der Waals surface area contributed by atoms with E-state index in [9.17, 15) is 9.59 Å². The molecule has 0 spiro atoms. The van der Waals surface area contributed by atoms with Gasteiger partial charge >= 0.3 is 0 Å². The highest BCUT2D eigenvalue weighted by molar-refractivity contribution is 5.81. The number of hydrazine groups is 1. The van der Waals surface area contributed by atoms with Gasteiger partial charge in [0, 0.05) is 5.39 Å². The van der Waals surface area contributed by atoms with Crippen LogP contribution in [-0.2, 0) is 11.3 Å². The van der Waals surface area contributed by atoms with Crippen LogP contribution in [0.3, 0.4) is 0 Å². The first-order chi connectivity index (χ1) is 8.95. The molecule has 19 heavy (non-hydrogen) atoms. The van der Waals surface area contributed by atoms with Gasteiger partial charge in [-0.15, -0.1) is 0 Å². The van der Waals surface area contributed by atoms with E-state index in [0.29, 0.717) is 5.39 Å². The quantitative estimate of drug-likeness (QED) is 0.475. The van der Waals surface area contributed by atoms with Gasteiger partial charge in [0.2, 0.25) is 5.91 Å². The zero-order valence-electron chi connectivity index (χ0n) is 10.9. The van der Waals surface area contributed by atoms with Gasteiger partial charge in [0.15, 0.2) is 0 Å². The zero-order valence-corrected chi connectivity index (χ0v) is 10.9. The average Bonchev–Trinajstić information content (AvgIpc) is 2.41. The van der Waals surface area contributed by atoms with Crippen LogP contribution in [0.5, 0.6) is 0 Å². The molecule has 0 aliphatic rings. The van der Waals surface area contributed by atoms with E-state index < -0.39 is 5.41 Å². The van der Waals surface area contributed by atoms with Crippen molar-refractivity contribution in [3.8, 4) is 0 Å². The molecule has 6 nitrogen and oxygen atoms in total. The van der Waals surface area contributed by atoms with E-state index >= 15 is 0 Å². The Morgan fingerprint density at radius 1 is 1.42 bits per heavy atom. The van der Waals surface area contributed by atoms with Crippen LogP contribution in [0.2, 0.25) is 0 Å². The molecular weight excluding hydrogens is 244 g/mol. The Hall–Kier alpha value is -2.21. The second-order valence-corrected chi connectivity index (χ2v) is 5.05. The SMILES string of the molecule is CC(C)(Cn1ncc2ccccc2c1=O)C(=O)NN. The molecule has 3 N–H and O–H groups in total. The summed E-state index contributed by atoms with van der Waals surface area (Å²) in [5.41, 5.74) is 1.08. The number of hydrogen-bond donors (Lipinski definition) is 2. The fraction of sp³-hybridized carbons (Fsp3) is 0.308. The van der Waals surface area contributed by atoms with Gasteiger partial charge in [0.25, 0.3) is 5.56 Å². The maximum Gasteiger partial charge on any atom is 0.274 e. The number of nitrogens with one attached hydrogen (secondary N) is 1. The molecule has 1 heterocycles. The summed E-state index contributed by atoms with van der Waals surface area (Å²) in [6, 6.07) is 7.21. The topological polar surface area (TPSA) is 90.0 Å². The number of hydrogen-bond acceptors (Lipinski definition) is 4. The monoisotopic (exact) mass is 260 g/mol. The minimum absolute atomic E-state index is 0.166. The predicted molar refractivity (Wildman–Crippen MR) is 72.1 cm³/mol. The number of fused-ring (bicyclic) bond motifs is 1. The number of nitrogens with zero attached hydrogens (tertiary/aromatic N) is 2. The Balaban J connectivity index is 2.45. The molecule has 2 rings (SSSR count). The molecule has 0 bridgehead atoms. The van der Waals surface area contributed by atoms with Crippen molar-refractivity contribution in [2.75, 3.05) is 0 Å². The zero-order chi connectivity index (χ0) is 14.0. The van der Waals surface area contributed by atoms with Crippen LogP contribution < -0.4 is 16.8 Å². The number of benzene rings is 1. The molecule has 1 aromatic carbocycles. The van der Waals surface area contributed by atoms with Crippen LogP contribution in [0.1, 0.15) is 13.8 Å². The molecular formula is C13H16N4O2. The van der Waals surface area contributed by atoms with Crippen molar-refractivity contribution < 1.29 is 4.79 Å². The van der Waals surface area contributed by atoms with Gasteiger partial charge in [-0.3, -0.25) is 15.0 Å². The molecule has 1 amide bonds. The maximum atomic E-state index is 12.3. The highest BCUT2D eigenvalue weighted by Crippen LogP contribution is 2.17. The molecule has 0 unspecified atom stereocenters. The van der Waals surface area contributed by atoms with Crippen molar-refractivity contribution in [3.63, 3.8) is 0 Å². The van der Waals surface area contributed by atoms with Gasteiger partial charge in [-0.2, -0.15) is 5.10 Å². The molecule has 0 fully saturated rings. The minimum atomic E-state index is -0.811. The molecule has 0 saturated heterocycles. The third-order valence-electron chi connectivity index (χ3n) is 3.05. The van der Waals surface area contributed by atoms with Crippen LogP contribution in [0.15, 0.2) is 35.3 Å². The number of carbonyl (C=O) groups is 1. The van der Waals surface area contributed by atoms with E-state index in [1.165, 1.54) is 4.68 Å². The third kappa shape index (κ3) is 2.48. The molecule has 2 aromatic rings. The summed E-state index contributed by atoms with van der Waals surface area (Å²) in [7, 11) is 0. The lowest BCUT2D eigenvalue weighted by atomic mass is 9.92.